The summed E-state index contributed by atoms with van der Waals surface area (Å²) in [6.07, 6.45) is 0. The van der Waals surface area contributed by atoms with E-state index in [2.05, 4.69) is 217 Å². The van der Waals surface area contributed by atoms with Gasteiger partial charge in [-0.3, -0.25) is 0 Å². The predicted molar refractivity (Wildman–Crippen MR) is 233 cm³/mol. The van der Waals surface area contributed by atoms with Gasteiger partial charge in [0.15, 0.2) is 0 Å². The van der Waals surface area contributed by atoms with Crippen LogP contribution < -0.4 is 4.90 Å². The summed E-state index contributed by atoms with van der Waals surface area (Å²) in [5, 5.41) is 5.16. The first kappa shape index (κ1) is 32.0. The van der Waals surface area contributed by atoms with Crippen molar-refractivity contribution in [2.45, 2.75) is 0 Å². The zero-order valence-electron chi connectivity index (χ0n) is 29.6. The van der Waals surface area contributed by atoms with Gasteiger partial charge >= 0.3 is 0 Å². The maximum absolute atomic E-state index is 2.36. The molecule has 0 N–H and O–H groups in total. The van der Waals surface area contributed by atoms with Gasteiger partial charge in [-0.1, -0.05) is 158 Å². The molecule has 1 heterocycles. The molecule has 1 aromatic heterocycles. The van der Waals surface area contributed by atoms with E-state index in [9.17, 15) is 0 Å². The van der Waals surface area contributed by atoms with E-state index in [-0.39, 0.29) is 0 Å². The van der Waals surface area contributed by atoms with Gasteiger partial charge in [0.1, 0.15) is 0 Å². The molecule has 0 fully saturated rings. The second-order valence-corrected chi connectivity index (χ2v) is 14.8. The molecule has 0 spiro atoms. The van der Waals surface area contributed by atoms with Crippen molar-refractivity contribution in [1.29, 1.82) is 0 Å². The Morgan fingerprint density at radius 2 is 0.759 bits per heavy atom. The largest absolute Gasteiger partial charge is 0.311 e. The molecular weight excluding hydrogens is 671 g/mol. The van der Waals surface area contributed by atoms with Gasteiger partial charge in [0.2, 0.25) is 0 Å². The lowest BCUT2D eigenvalue weighted by atomic mass is 9.98. The van der Waals surface area contributed by atoms with E-state index in [4.69, 9.17) is 0 Å². The molecule has 0 aliphatic carbocycles. The van der Waals surface area contributed by atoms with Crippen LogP contribution in [-0.4, -0.2) is 0 Å². The molecule has 0 aliphatic rings. The Kier molecular flexibility index (Phi) is 8.09. The molecule has 0 saturated carbocycles. The molecule has 0 unspecified atom stereocenters. The van der Waals surface area contributed by atoms with E-state index >= 15 is 0 Å². The van der Waals surface area contributed by atoms with Crippen LogP contribution in [0, 0.1) is 0 Å². The normalized spacial score (nSPS) is 11.3. The first-order valence-corrected chi connectivity index (χ1v) is 19.2. The summed E-state index contributed by atoms with van der Waals surface area (Å²) in [5.74, 6) is 0. The highest BCUT2D eigenvalue weighted by molar-refractivity contribution is 7.25. The summed E-state index contributed by atoms with van der Waals surface area (Å²) < 4.78 is 2.64. The fraction of sp³-hybridized carbons (Fsp3) is 0. The molecule has 9 aromatic carbocycles. The molecule has 10 rings (SSSR count). The Balaban J connectivity index is 1.02. The Morgan fingerprint density at radius 1 is 0.296 bits per heavy atom. The minimum atomic E-state index is 1.11. The fourth-order valence-corrected chi connectivity index (χ4v) is 8.85. The average Bonchev–Trinajstić information content (AvgIpc) is 3.64. The molecule has 2 heteroatoms. The highest BCUT2D eigenvalue weighted by Gasteiger charge is 2.16. The van der Waals surface area contributed by atoms with Crippen LogP contribution in [0.15, 0.2) is 212 Å². The Hall–Kier alpha value is -6.74. The van der Waals surface area contributed by atoms with Crippen molar-refractivity contribution in [1.82, 2.24) is 0 Å². The maximum atomic E-state index is 2.36. The molecule has 254 valence electrons. The van der Waals surface area contributed by atoms with Crippen molar-refractivity contribution >= 4 is 59.3 Å². The third kappa shape index (κ3) is 5.93. The summed E-state index contributed by atoms with van der Waals surface area (Å²) in [7, 11) is 0. The number of benzene rings is 9. The predicted octanol–water partition coefficient (Wildman–Crippen LogP) is 15.3. The number of hydrogen-bond acceptors (Lipinski definition) is 2. The number of rotatable bonds is 7. The van der Waals surface area contributed by atoms with Crippen LogP contribution >= 0.6 is 11.3 Å². The summed E-state index contributed by atoms with van der Waals surface area (Å²) in [6, 6.07) is 77.1. The molecule has 10 aromatic rings. The van der Waals surface area contributed by atoms with E-state index in [1.807, 2.05) is 11.3 Å². The fourth-order valence-electron chi connectivity index (χ4n) is 7.71. The van der Waals surface area contributed by atoms with Crippen LogP contribution in [0.25, 0.3) is 75.5 Å². The van der Waals surface area contributed by atoms with E-state index in [0.717, 1.165) is 17.1 Å². The van der Waals surface area contributed by atoms with E-state index in [1.165, 1.54) is 75.5 Å². The first-order chi connectivity index (χ1) is 26.7. The van der Waals surface area contributed by atoms with Gasteiger partial charge in [-0.05, 0) is 110 Å². The monoisotopic (exact) mass is 705 g/mol. The van der Waals surface area contributed by atoms with E-state index in [1.54, 1.807) is 0 Å². The van der Waals surface area contributed by atoms with Gasteiger partial charge in [-0.15, -0.1) is 11.3 Å². The Labute approximate surface area is 319 Å². The second-order valence-electron chi connectivity index (χ2n) is 13.8. The zero-order chi connectivity index (χ0) is 35.8. The summed E-state index contributed by atoms with van der Waals surface area (Å²) in [6.45, 7) is 0. The van der Waals surface area contributed by atoms with Gasteiger partial charge in [0, 0.05) is 37.2 Å². The lowest BCUT2D eigenvalue weighted by molar-refractivity contribution is 1.28. The molecule has 0 saturated heterocycles. The van der Waals surface area contributed by atoms with Crippen molar-refractivity contribution in [3.63, 3.8) is 0 Å². The van der Waals surface area contributed by atoms with Gasteiger partial charge in [-0.25, -0.2) is 0 Å². The molecule has 0 radical (unpaired) electrons. The smallest absolute Gasteiger partial charge is 0.0462 e. The SMILES string of the molecule is c1ccc(-c2ccc(-c3ccc(N(c4ccc(-c5ccc6ccccc6c5)cc4)c4ccc(-c5cccc6sc7ccccc7c56)cc4)cc3)cc2)cc1. The molecule has 0 amide bonds. The number of thiophene rings is 1. The van der Waals surface area contributed by atoms with Crippen molar-refractivity contribution in [3.05, 3.63) is 212 Å². The third-order valence-electron chi connectivity index (χ3n) is 10.5. The summed E-state index contributed by atoms with van der Waals surface area (Å²) in [5.41, 5.74) is 13.1. The van der Waals surface area contributed by atoms with Crippen molar-refractivity contribution < 1.29 is 0 Å². The van der Waals surface area contributed by atoms with Gasteiger partial charge < -0.3 is 4.90 Å². The quantitative estimate of drug-likeness (QED) is 0.160. The lowest BCUT2D eigenvalue weighted by Gasteiger charge is -2.26. The van der Waals surface area contributed by atoms with Crippen LogP contribution in [0.5, 0.6) is 0 Å². The lowest BCUT2D eigenvalue weighted by Crippen LogP contribution is -2.09. The molecule has 0 atom stereocenters. The molecule has 0 bridgehead atoms. The Bertz CT molecular complexity index is 2890. The minimum absolute atomic E-state index is 1.11. The minimum Gasteiger partial charge on any atom is -0.311 e. The average molecular weight is 706 g/mol. The standard InChI is InChI=1S/C52H35NS/c1-2-9-36(10-3-1)38-17-19-39(20-18-38)40-23-29-45(30-24-40)53(46-31-25-41(26-32-46)44-22-21-37-11-4-5-12-43(37)35-44)47-33-27-42(28-34-47)48-14-8-16-51-52(48)49-13-6-7-15-50(49)54-51/h1-35H. The molecular formula is C52H35NS. The number of nitrogens with zero attached hydrogens (tertiary/aromatic N) is 1. The van der Waals surface area contributed by atoms with Crippen LogP contribution in [-0.2, 0) is 0 Å². The number of hydrogen-bond donors (Lipinski definition) is 0. The zero-order valence-corrected chi connectivity index (χ0v) is 30.4. The summed E-state index contributed by atoms with van der Waals surface area (Å²) in [4.78, 5) is 2.36. The van der Waals surface area contributed by atoms with E-state index in [0.29, 0.717) is 0 Å². The van der Waals surface area contributed by atoms with Gasteiger partial charge in [0.25, 0.3) is 0 Å². The summed E-state index contributed by atoms with van der Waals surface area (Å²) >= 11 is 1.86. The molecule has 54 heavy (non-hydrogen) atoms. The molecule has 1 nitrogen and oxygen atoms in total. The van der Waals surface area contributed by atoms with Crippen LogP contribution in [0.3, 0.4) is 0 Å². The Morgan fingerprint density at radius 3 is 1.41 bits per heavy atom. The van der Waals surface area contributed by atoms with Crippen LogP contribution in [0.1, 0.15) is 0 Å². The topological polar surface area (TPSA) is 3.24 Å². The van der Waals surface area contributed by atoms with E-state index < -0.39 is 0 Å². The number of anilines is 3. The van der Waals surface area contributed by atoms with Crippen molar-refractivity contribution in [3.8, 4) is 44.5 Å². The van der Waals surface area contributed by atoms with Crippen molar-refractivity contribution in [2.75, 3.05) is 4.90 Å². The maximum Gasteiger partial charge on any atom is 0.0462 e. The van der Waals surface area contributed by atoms with Crippen LogP contribution in [0.4, 0.5) is 17.1 Å². The third-order valence-corrected chi connectivity index (χ3v) is 11.6. The second kappa shape index (κ2) is 13.7. The first-order valence-electron chi connectivity index (χ1n) is 18.4. The number of fused-ring (bicyclic) bond motifs is 4. The van der Waals surface area contributed by atoms with Gasteiger partial charge in [-0.2, -0.15) is 0 Å². The van der Waals surface area contributed by atoms with Crippen LogP contribution in [0.2, 0.25) is 0 Å². The molecule has 0 aliphatic heterocycles. The highest BCUT2D eigenvalue weighted by Crippen LogP contribution is 2.42. The van der Waals surface area contributed by atoms with Gasteiger partial charge in [0.05, 0.1) is 0 Å². The van der Waals surface area contributed by atoms with Crippen molar-refractivity contribution in [2.24, 2.45) is 0 Å². The highest BCUT2D eigenvalue weighted by atomic mass is 32.1.